The molecule has 2 aliphatic rings. The van der Waals surface area contributed by atoms with Crippen LogP contribution in [0.5, 0.6) is 5.75 Å². The van der Waals surface area contributed by atoms with Crippen LogP contribution in [0, 0.1) is 0 Å². The number of guanidine groups is 1. The van der Waals surface area contributed by atoms with Gasteiger partial charge in [0.25, 0.3) is 0 Å². The van der Waals surface area contributed by atoms with Gasteiger partial charge in [-0.15, -0.1) is 0 Å². The van der Waals surface area contributed by atoms with Crippen LogP contribution in [0.2, 0.25) is 5.02 Å². The third-order valence-corrected chi connectivity index (χ3v) is 6.24. The van der Waals surface area contributed by atoms with Crippen molar-refractivity contribution in [1.82, 2.24) is 15.6 Å². The van der Waals surface area contributed by atoms with Gasteiger partial charge < -0.3 is 20.3 Å². The van der Waals surface area contributed by atoms with Crippen molar-refractivity contribution in [2.24, 2.45) is 4.99 Å². The number of hydrogen-bond acceptors (Lipinski definition) is 4. The van der Waals surface area contributed by atoms with Crippen LogP contribution in [-0.2, 0) is 5.41 Å². The van der Waals surface area contributed by atoms with Crippen LogP contribution < -0.4 is 20.3 Å². The van der Waals surface area contributed by atoms with Crippen LogP contribution >= 0.6 is 11.6 Å². The molecule has 2 aromatic rings. The number of anilines is 1. The highest BCUT2D eigenvalue weighted by Gasteiger charge is 2.44. The van der Waals surface area contributed by atoms with Gasteiger partial charge in [-0.3, -0.25) is 4.99 Å². The van der Waals surface area contributed by atoms with Crippen LogP contribution in [0.3, 0.4) is 0 Å². The van der Waals surface area contributed by atoms with E-state index in [0.717, 1.165) is 43.6 Å². The third kappa shape index (κ3) is 4.42. The Morgan fingerprint density at radius 3 is 2.76 bits per heavy atom. The van der Waals surface area contributed by atoms with Crippen LogP contribution in [-0.4, -0.2) is 50.8 Å². The minimum Gasteiger partial charge on any atom is -0.497 e. The quantitative estimate of drug-likeness (QED) is 0.562. The second-order valence-electron chi connectivity index (χ2n) is 7.82. The van der Waals surface area contributed by atoms with Gasteiger partial charge in [0, 0.05) is 44.3 Å². The number of aromatic nitrogens is 1. The molecule has 4 rings (SSSR count). The number of hydrogen-bond donors (Lipinski definition) is 2. The smallest absolute Gasteiger partial charge is 0.191 e. The van der Waals surface area contributed by atoms with E-state index < -0.39 is 0 Å². The Balaban J connectivity index is 1.32. The molecule has 1 aromatic heterocycles. The fraction of sp³-hybridized carbons (Fsp3) is 0.455. The Morgan fingerprint density at radius 1 is 1.31 bits per heavy atom. The molecule has 1 unspecified atom stereocenters. The number of aliphatic imine (C=N–C) groups is 1. The normalized spacial score (nSPS) is 20.4. The van der Waals surface area contributed by atoms with E-state index in [2.05, 4.69) is 37.6 Å². The maximum absolute atomic E-state index is 6.30. The van der Waals surface area contributed by atoms with Gasteiger partial charge in [-0.25, -0.2) is 4.98 Å². The second kappa shape index (κ2) is 8.49. The fourth-order valence-electron chi connectivity index (χ4n) is 3.98. The number of ether oxygens (including phenoxy) is 1. The molecule has 1 aliphatic carbocycles. The van der Waals surface area contributed by atoms with Gasteiger partial charge in [-0.05, 0) is 49.1 Å². The highest BCUT2D eigenvalue weighted by Crippen LogP contribution is 2.47. The van der Waals surface area contributed by atoms with Gasteiger partial charge in [-0.2, -0.15) is 0 Å². The minimum absolute atomic E-state index is 0.201. The van der Waals surface area contributed by atoms with Crippen LogP contribution in [0.1, 0.15) is 24.8 Å². The average molecular weight is 414 g/mol. The van der Waals surface area contributed by atoms with Gasteiger partial charge in [-0.1, -0.05) is 23.7 Å². The molecule has 0 amide bonds. The van der Waals surface area contributed by atoms with Crippen molar-refractivity contribution >= 4 is 23.4 Å². The molecule has 1 aliphatic heterocycles. The molecule has 1 saturated heterocycles. The van der Waals surface area contributed by atoms with E-state index in [1.165, 1.54) is 18.4 Å². The SMILES string of the molecule is CN=C(NCC1(c2ccc(OC)cc2)CC1)NC1CCN(c2ncccc2Cl)C1. The summed E-state index contributed by atoms with van der Waals surface area (Å²) in [5, 5.41) is 7.80. The summed E-state index contributed by atoms with van der Waals surface area (Å²) in [5.41, 5.74) is 1.56. The lowest BCUT2D eigenvalue weighted by atomic mass is 9.96. The zero-order chi connectivity index (χ0) is 20.3. The maximum atomic E-state index is 6.30. The first-order chi connectivity index (χ1) is 14.1. The molecule has 0 radical (unpaired) electrons. The van der Waals surface area contributed by atoms with E-state index in [4.69, 9.17) is 16.3 Å². The molecule has 7 heteroatoms. The number of halogens is 1. The van der Waals surface area contributed by atoms with Gasteiger partial charge in [0.15, 0.2) is 5.96 Å². The fourth-order valence-corrected chi connectivity index (χ4v) is 4.23. The Labute approximate surface area is 177 Å². The lowest BCUT2D eigenvalue weighted by Crippen LogP contribution is -2.46. The molecular weight excluding hydrogens is 386 g/mol. The molecule has 2 fully saturated rings. The van der Waals surface area contributed by atoms with E-state index in [9.17, 15) is 0 Å². The molecule has 1 aromatic carbocycles. The molecule has 2 heterocycles. The van der Waals surface area contributed by atoms with Crippen LogP contribution in [0.4, 0.5) is 5.82 Å². The zero-order valence-corrected chi connectivity index (χ0v) is 17.7. The number of nitrogens with zero attached hydrogens (tertiary/aromatic N) is 3. The first-order valence-electron chi connectivity index (χ1n) is 10.1. The average Bonchev–Trinajstić information content (AvgIpc) is 3.41. The molecule has 6 nitrogen and oxygen atoms in total. The second-order valence-corrected chi connectivity index (χ2v) is 8.23. The number of pyridine rings is 1. The molecular formula is C22H28ClN5O. The van der Waals surface area contributed by atoms with Gasteiger partial charge in [0.1, 0.15) is 11.6 Å². The predicted octanol–water partition coefficient (Wildman–Crippen LogP) is 3.22. The topological polar surface area (TPSA) is 61.8 Å². The highest BCUT2D eigenvalue weighted by molar-refractivity contribution is 6.32. The molecule has 154 valence electrons. The number of rotatable bonds is 6. The summed E-state index contributed by atoms with van der Waals surface area (Å²) >= 11 is 6.30. The van der Waals surface area contributed by atoms with Crippen molar-refractivity contribution in [3.8, 4) is 5.75 Å². The van der Waals surface area contributed by atoms with Crippen molar-refractivity contribution in [3.05, 3.63) is 53.2 Å². The monoisotopic (exact) mass is 413 g/mol. The molecule has 29 heavy (non-hydrogen) atoms. The summed E-state index contributed by atoms with van der Waals surface area (Å²) in [5.74, 6) is 2.61. The summed E-state index contributed by atoms with van der Waals surface area (Å²) in [4.78, 5) is 11.1. The van der Waals surface area contributed by atoms with Crippen LogP contribution in [0.15, 0.2) is 47.6 Å². The molecule has 0 bridgehead atoms. The molecule has 1 saturated carbocycles. The van der Waals surface area contributed by atoms with Gasteiger partial charge in [0.2, 0.25) is 0 Å². The summed E-state index contributed by atoms with van der Waals surface area (Å²) in [7, 11) is 3.52. The van der Waals surface area contributed by atoms with Crippen molar-refractivity contribution in [2.45, 2.75) is 30.7 Å². The minimum atomic E-state index is 0.201. The zero-order valence-electron chi connectivity index (χ0n) is 17.0. The number of methoxy groups -OCH3 is 1. The Hall–Kier alpha value is -2.47. The first-order valence-corrected chi connectivity index (χ1v) is 10.5. The molecule has 2 N–H and O–H groups in total. The lowest BCUT2D eigenvalue weighted by Gasteiger charge is -2.22. The standard InChI is InChI=1S/C22H28ClN5O/c1-24-21(26-15-22(10-11-22)16-5-7-18(29-2)8-6-16)27-17-9-13-28(14-17)20-19(23)4-3-12-25-20/h3-8,12,17H,9-11,13-15H2,1-2H3,(H2,24,26,27). The highest BCUT2D eigenvalue weighted by atomic mass is 35.5. The van der Waals surface area contributed by atoms with Crippen molar-refractivity contribution in [3.63, 3.8) is 0 Å². The Bertz CT molecular complexity index is 866. The summed E-state index contributed by atoms with van der Waals surface area (Å²) < 4.78 is 5.28. The van der Waals surface area contributed by atoms with Crippen molar-refractivity contribution < 1.29 is 4.74 Å². The predicted molar refractivity (Wildman–Crippen MR) is 118 cm³/mol. The molecule has 1 atom stereocenters. The Morgan fingerprint density at radius 2 is 2.10 bits per heavy atom. The lowest BCUT2D eigenvalue weighted by molar-refractivity contribution is 0.414. The molecule has 0 spiro atoms. The van der Waals surface area contributed by atoms with Gasteiger partial charge in [0.05, 0.1) is 12.1 Å². The summed E-state index contributed by atoms with van der Waals surface area (Å²) in [6.07, 6.45) is 5.20. The van der Waals surface area contributed by atoms with E-state index in [0.29, 0.717) is 11.1 Å². The van der Waals surface area contributed by atoms with E-state index in [-0.39, 0.29) is 5.41 Å². The summed E-state index contributed by atoms with van der Waals surface area (Å²) in [6.45, 7) is 2.67. The summed E-state index contributed by atoms with van der Waals surface area (Å²) in [6, 6.07) is 12.5. The van der Waals surface area contributed by atoms with Gasteiger partial charge >= 0.3 is 0 Å². The third-order valence-electron chi connectivity index (χ3n) is 5.94. The largest absolute Gasteiger partial charge is 0.497 e. The van der Waals surface area contributed by atoms with Crippen molar-refractivity contribution in [1.29, 1.82) is 0 Å². The Kier molecular flexibility index (Phi) is 5.81. The van der Waals surface area contributed by atoms with E-state index in [1.807, 2.05) is 31.3 Å². The number of benzene rings is 1. The maximum Gasteiger partial charge on any atom is 0.191 e. The van der Waals surface area contributed by atoms with E-state index in [1.54, 1.807) is 13.3 Å². The van der Waals surface area contributed by atoms with Crippen molar-refractivity contribution in [2.75, 3.05) is 38.7 Å². The first kappa shape index (κ1) is 19.8. The van der Waals surface area contributed by atoms with Crippen LogP contribution in [0.25, 0.3) is 0 Å². The number of nitrogens with one attached hydrogen (secondary N) is 2. The van der Waals surface area contributed by atoms with E-state index >= 15 is 0 Å².